The first-order valence-electron chi connectivity index (χ1n) is 24.7. The summed E-state index contributed by atoms with van der Waals surface area (Å²) in [6.07, 6.45) is 3.00. The molecule has 406 valence electrons. The molecule has 0 radical (unpaired) electrons. The fourth-order valence-electron chi connectivity index (χ4n) is 8.18. The number of H-pyrrole nitrogens is 2. The van der Waals surface area contributed by atoms with Crippen LogP contribution in [0, 0.1) is 5.95 Å². The Balaban J connectivity index is 0.000000224. The van der Waals surface area contributed by atoms with Gasteiger partial charge in [-0.25, -0.2) is 34.5 Å². The van der Waals surface area contributed by atoms with Crippen molar-refractivity contribution in [1.82, 2.24) is 58.1 Å². The summed E-state index contributed by atoms with van der Waals surface area (Å²) in [4.78, 5) is 112. The number of nitrogens with one attached hydrogen (secondary N) is 2. The summed E-state index contributed by atoms with van der Waals surface area (Å²) in [6, 6.07) is 10.8. The quantitative estimate of drug-likeness (QED) is 0.0649. The molecule has 8 aromatic heterocycles. The predicted octanol–water partition coefficient (Wildman–Crippen LogP) is 6.07. The normalized spacial score (nSPS) is 11.5. The minimum Gasteiger partial charge on any atom is -0.383 e. The lowest BCUT2D eigenvalue weighted by atomic mass is 10.2. The van der Waals surface area contributed by atoms with Gasteiger partial charge in [0.1, 0.15) is 40.0 Å². The number of nitrogens with zero attached hydrogens (tertiary/aromatic N) is 12. The van der Waals surface area contributed by atoms with Crippen LogP contribution in [0.5, 0.6) is 0 Å². The number of aryl methyl sites for hydroxylation is 2. The lowest BCUT2D eigenvalue weighted by Gasteiger charge is -2.21. The summed E-state index contributed by atoms with van der Waals surface area (Å²) in [5.41, 5.74) is -0.567. The number of aromatic amines is 2. The van der Waals surface area contributed by atoms with E-state index in [0.717, 1.165) is 24.4 Å². The van der Waals surface area contributed by atoms with E-state index in [-0.39, 0.29) is 72.2 Å². The molecule has 0 aromatic carbocycles. The van der Waals surface area contributed by atoms with E-state index in [4.69, 9.17) is 9.47 Å². The van der Waals surface area contributed by atoms with Crippen molar-refractivity contribution in [3.05, 3.63) is 138 Å². The van der Waals surface area contributed by atoms with Crippen LogP contribution in [0.3, 0.4) is 0 Å². The van der Waals surface area contributed by atoms with Crippen LogP contribution in [0.15, 0.2) is 92.5 Å². The molecule has 8 aromatic rings. The van der Waals surface area contributed by atoms with Crippen molar-refractivity contribution < 1.29 is 36.6 Å². The van der Waals surface area contributed by atoms with Crippen molar-refractivity contribution in [2.24, 2.45) is 0 Å². The van der Waals surface area contributed by atoms with E-state index in [1.54, 1.807) is 24.3 Å². The summed E-state index contributed by atoms with van der Waals surface area (Å²) in [5.74, 6) is -0.446. The standard InChI is InChI=1S/C26H28F3N7O4.C25H28FN7O4/c1-4-10-35-22-20(24(38)36(11-5-2)25(35)39)32-21(33-22)16-7-9-19(31-14-16)34(12-13-40-3)23(37)17-6-8-18(30-15-17)26(27,28)29;1-4-10-32-22-20(24(35)33(11-5-2)25(32)36)29-21(30-22)16-7-9-19(28-14-16)31(12-13-37-3)23(34)17-6-8-18(26)27-15-17/h6-9,14-15H,4-5,10-13H2,1-3H3,(H,32,33);6-9,14-15H,4-5,10-13H2,1-3H3,(H,29,30). The molecular weight excluding hydrogens is 1010 g/mol. The zero-order valence-electron chi connectivity index (χ0n) is 43.1. The molecule has 0 saturated carbocycles. The molecule has 26 heteroatoms. The van der Waals surface area contributed by atoms with Crippen molar-refractivity contribution >= 4 is 45.8 Å². The molecule has 0 spiro atoms. The van der Waals surface area contributed by atoms with E-state index < -0.39 is 46.4 Å². The van der Waals surface area contributed by atoms with Crippen molar-refractivity contribution in [2.75, 3.05) is 50.3 Å². The Morgan fingerprint density at radius 3 is 1.31 bits per heavy atom. The van der Waals surface area contributed by atoms with Gasteiger partial charge in [-0.3, -0.25) is 52.2 Å². The molecule has 0 atom stereocenters. The van der Waals surface area contributed by atoms with Crippen LogP contribution in [0.25, 0.3) is 45.1 Å². The molecule has 22 nitrogen and oxygen atoms in total. The molecule has 0 aliphatic heterocycles. The van der Waals surface area contributed by atoms with Gasteiger partial charge in [0.15, 0.2) is 11.3 Å². The average Bonchev–Trinajstić information content (AvgIpc) is 4.16. The number of hydrogen-bond donors (Lipinski definition) is 2. The van der Waals surface area contributed by atoms with Crippen LogP contribution in [-0.4, -0.2) is 110 Å². The number of alkyl halides is 3. The zero-order chi connectivity index (χ0) is 55.6. The lowest BCUT2D eigenvalue weighted by molar-refractivity contribution is -0.141. The summed E-state index contributed by atoms with van der Waals surface area (Å²) in [6.45, 7) is 9.74. The molecule has 8 heterocycles. The smallest absolute Gasteiger partial charge is 0.383 e. The third kappa shape index (κ3) is 12.3. The molecule has 0 unspecified atom stereocenters. The van der Waals surface area contributed by atoms with Gasteiger partial charge >= 0.3 is 17.6 Å². The Labute approximate surface area is 436 Å². The van der Waals surface area contributed by atoms with Crippen LogP contribution in [0.1, 0.15) is 79.8 Å². The second-order valence-corrected chi connectivity index (χ2v) is 17.4. The van der Waals surface area contributed by atoms with Crippen molar-refractivity contribution in [1.29, 1.82) is 0 Å². The number of rotatable bonds is 20. The molecule has 77 heavy (non-hydrogen) atoms. The third-order valence-corrected chi connectivity index (χ3v) is 11.9. The molecule has 0 fully saturated rings. The monoisotopic (exact) mass is 1070 g/mol. The molecule has 0 saturated heterocycles. The molecule has 8 rings (SSSR count). The van der Waals surface area contributed by atoms with Crippen LogP contribution < -0.4 is 32.3 Å². The van der Waals surface area contributed by atoms with Gasteiger partial charge in [-0.1, -0.05) is 27.7 Å². The summed E-state index contributed by atoms with van der Waals surface area (Å²) < 4.78 is 67.5. The summed E-state index contributed by atoms with van der Waals surface area (Å²) in [7, 11) is 2.97. The number of aromatic nitrogens is 12. The summed E-state index contributed by atoms with van der Waals surface area (Å²) >= 11 is 0. The molecule has 0 aliphatic rings. The maximum atomic E-state index is 13.2. The molecule has 2 amide bonds. The first-order valence-corrected chi connectivity index (χ1v) is 24.7. The topological polar surface area (TPSA) is 256 Å². The number of carbonyl (C=O) groups excluding carboxylic acids is 2. The van der Waals surface area contributed by atoms with Gasteiger partial charge in [0.25, 0.3) is 22.9 Å². The highest BCUT2D eigenvalue weighted by molar-refractivity contribution is 6.06. The number of ether oxygens (including phenoxy) is 2. The Kier molecular flexibility index (Phi) is 18.2. The Morgan fingerprint density at radius 2 is 0.974 bits per heavy atom. The Bertz CT molecular complexity index is 3590. The van der Waals surface area contributed by atoms with Gasteiger partial charge in [-0.15, -0.1) is 0 Å². The van der Waals surface area contributed by atoms with E-state index in [2.05, 4.69) is 39.9 Å². The predicted molar refractivity (Wildman–Crippen MR) is 277 cm³/mol. The van der Waals surface area contributed by atoms with Crippen LogP contribution in [0.2, 0.25) is 0 Å². The molecule has 0 bridgehead atoms. The number of anilines is 2. The largest absolute Gasteiger partial charge is 0.433 e. The number of carbonyl (C=O) groups is 2. The summed E-state index contributed by atoms with van der Waals surface area (Å²) in [5, 5.41) is 0. The third-order valence-electron chi connectivity index (χ3n) is 11.9. The minimum atomic E-state index is -4.63. The number of amides is 2. The van der Waals surface area contributed by atoms with E-state index >= 15 is 0 Å². The first-order chi connectivity index (χ1) is 37.0. The van der Waals surface area contributed by atoms with Gasteiger partial charge < -0.3 is 19.4 Å². The van der Waals surface area contributed by atoms with Gasteiger partial charge in [0.2, 0.25) is 5.95 Å². The number of hydrogen-bond acceptors (Lipinski definition) is 14. The van der Waals surface area contributed by atoms with Crippen molar-refractivity contribution in [2.45, 2.75) is 85.7 Å². The van der Waals surface area contributed by atoms with Gasteiger partial charge in [-0.2, -0.15) is 17.6 Å². The first kappa shape index (κ1) is 56.2. The second kappa shape index (κ2) is 24.9. The van der Waals surface area contributed by atoms with Crippen molar-refractivity contribution in [3.8, 4) is 22.8 Å². The number of halogens is 4. The number of pyridine rings is 4. The highest BCUT2D eigenvalue weighted by atomic mass is 19.4. The fourth-order valence-corrected chi connectivity index (χ4v) is 8.18. The van der Waals surface area contributed by atoms with Gasteiger partial charge in [-0.05, 0) is 74.2 Å². The van der Waals surface area contributed by atoms with E-state index in [1.807, 2.05) is 27.7 Å². The average molecular weight is 1070 g/mol. The van der Waals surface area contributed by atoms with Crippen LogP contribution >= 0.6 is 0 Å². The number of imidazole rings is 2. The molecular formula is C51H56F4N14O8. The maximum Gasteiger partial charge on any atom is 0.433 e. The van der Waals surface area contributed by atoms with Crippen molar-refractivity contribution in [3.63, 3.8) is 0 Å². The van der Waals surface area contributed by atoms with E-state index in [0.29, 0.717) is 79.6 Å². The SMILES string of the molecule is CCCn1c(=O)c2[nH]c(-c3ccc(N(CCOC)C(=O)c4ccc(C(F)(F)F)nc4)nc3)nc2n(CCC)c1=O.CCCn1c(=O)c2[nH]c(-c3ccc(N(CCOC)C(=O)c4ccc(F)nc4)nc3)nc2n(CCC)c1=O. The van der Waals surface area contributed by atoms with Gasteiger partial charge in [0.05, 0.1) is 37.4 Å². The second-order valence-electron chi connectivity index (χ2n) is 17.4. The Hall–Kier alpha value is -8.52. The highest BCUT2D eigenvalue weighted by Gasteiger charge is 2.33. The van der Waals surface area contributed by atoms with Crippen LogP contribution in [-0.2, 0) is 41.8 Å². The van der Waals surface area contributed by atoms with Crippen LogP contribution in [0.4, 0.5) is 29.2 Å². The molecule has 0 aliphatic carbocycles. The number of fused-ring (bicyclic) bond motifs is 2. The highest BCUT2D eigenvalue weighted by Crippen LogP contribution is 2.28. The Morgan fingerprint density at radius 1 is 0.558 bits per heavy atom. The number of methoxy groups -OCH3 is 2. The van der Waals surface area contributed by atoms with E-state index in [1.165, 1.54) is 66.9 Å². The van der Waals surface area contributed by atoms with E-state index in [9.17, 15) is 46.3 Å². The fraction of sp³-hybridized carbons (Fsp3) is 0.373. The maximum absolute atomic E-state index is 13.2. The van der Waals surface area contributed by atoms with Gasteiger partial charge in [0, 0.05) is 76.3 Å². The lowest BCUT2D eigenvalue weighted by Crippen LogP contribution is -2.40. The minimum absolute atomic E-state index is 0.0514. The zero-order valence-corrected chi connectivity index (χ0v) is 43.1. The molecule has 2 N–H and O–H groups in total.